The van der Waals surface area contributed by atoms with Gasteiger partial charge in [-0.1, -0.05) is 19.4 Å². The van der Waals surface area contributed by atoms with Gasteiger partial charge < -0.3 is 4.74 Å². The number of hydrogen-bond acceptors (Lipinski definition) is 6. The summed E-state index contributed by atoms with van der Waals surface area (Å²) in [4.78, 5) is 12.8. The topological polar surface area (TPSA) is 90.3 Å². The van der Waals surface area contributed by atoms with Crippen molar-refractivity contribution in [3.8, 4) is 10.6 Å². The van der Waals surface area contributed by atoms with Gasteiger partial charge in [0.05, 0.1) is 17.0 Å². The van der Waals surface area contributed by atoms with E-state index in [2.05, 4.69) is 9.82 Å². The summed E-state index contributed by atoms with van der Waals surface area (Å²) in [6, 6.07) is 9.82. The van der Waals surface area contributed by atoms with Crippen LogP contribution in [-0.4, -0.2) is 30.8 Å². The second-order valence-corrected chi connectivity index (χ2v) is 8.76. The summed E-state index contributed by atoms with van der Waals surface area (Å²) in [5, 5.41) is 6.15. The molecular weight excluding hydrogens is 398 g/mol. The number of unbranched alkanes of at least 4 members (excludes halogenated alkanes) is 1. The normalized spacial score (nSPS) is 11.4. The van der Waals surface area contributed by atoms with Crippen LogP contribution in [-0.2, 0) is 21.8 Å². The van der Waals surface area contributed by atoms with Gasteiger partial charge in [0.25, 0.3) is 10.0 Å². The molecule has 0 spiro atoms. The fraction of sp³-hybridized carbons (Fsp3) is 0.263. The number of carbonyl (C=O) groups is 1. The third kappa shape index (κ3) is 4.60. The van der Waals surface area contributed by atoms with Crippen molar-refractivity contribution in [2.45, 2.75) is 24.7 Å². The minimum atomic E-state index is -3.84. The van der Waals surface area contributed by atoms with Crippen LogP contribution in [0, 0.1) is 0 Å². The van der Waals surface area contributed by atoms with Crippen LogP contribution < -0.4 is 4.72 Å². The second-order valence-electron chi connectivity index (χ2n) is 6.17. The van der Waals surface area contributed by atoms with Crippen LogP contribution in [0.25, 0.3) is 10.6 Å². The maximum Gasteiger partial charge on any atom is 0.338 e. The average Bonchev–Trinajstić information content (AvgIpc) is 3.31. The predicted molar refractivity (Wildman–Crippen MR) is 109 cm³/mol. The molecule has 0 unspecified atom stereocenters. The number of rotatable bonds is 8. The Morgan fingerprint density at radius 3 is 2.64 bits per heavy atom. The lowest BCUT2D eigenvalue weighted by Gasteiger charge is -2.09. The molecule has 2 aromatic heterocycles. The highest BCUT2D eigenvalue weighted by molar-refractivity contribution is 7.92. The Morgan fingerprint density at radius 1 is 1.25 bits per heavy atom. The zero-order valence-corrected chi connectivity index (χ0v) is 17.2. The molecule has 1 N–H and O–H groups in total. The van der Waals surface area contributed by atoms with E-state index in [9.17, 15) is 13.2 Å². The molecule has 0 saturated carbocycles. The number of aromatic nitrogens is 2. The molecule has 0 fully saturated rings. The molecule has 0 saturated heterocycles. The van der Waals surface area contributed by atoms with Gasteiger partial charge >= 0.3 is 5.97 Å². The number of nitrogens with one attached hydrogen (secondary N) is 1. The van der Waals surface area contributed by atoms with Crippen molar-refractivity contribution in [2.24, 2.45) is 7.05 Å². The summed E-state index contributed by atoms with van der Waals surface area (Å²) >= 11 is 1.42. The molecule has 0 aliphatic carbocycles. The Kier molecular flexibility index (Phi) is 6.15. The lowest BCUT2D eigenvalue weighted by atomic mass is 10.2. The molecule has 0 aliphatic rings. The fourth-order valence-corrected chi connectivity index (χ4v) is 4.57. The first kappa shape index (κ1) is 20.1. The van der Waals surface area contributed by atoms with Gasteiger partial charge in [-0.25, -0.2) is 13.2 Å². The highest BCUT2D eigenvalue weighted by Crippen LogP contribution is 2.30. The van der Waals surface area contributed by atoms with Gasteiger partial charge in [0.1, 0.15) is 10.6 Å². The van der Waals surface area contributed by atoms with Crippen LogP contribution in [0.3, 0.4) is 0 Å². The van der Waals surface area contributed by atoms with Gasteiger partial charge in [0.15, 0.2) is 0 Å². The highest BCUT2D eigenvalue weighted by Gasteiger charge is 2.24. The molecule has 3 rings (SSSR count). The van der Waals surface area contributed by atoms with Crippen molar-refractivity contribution >= 4 is 33.0 Å². The van der Waals surface area contributed by atoms with E-state index < -0.39 is 16.0 Å². The number of ether oxygens (including phenoxy) is 1. The molecule has 0 radical (unpaired) electrons. The first-order valence-electron chi connectivity index (χ1n) is 8.78. The van der Waals surface area contributed by atoms with Crippen LogP contribution in [0.1, 0.15) is 30.1 Å². The monoisotopic (exact) mass is 419 g/mol. The molecule has 2 heterocycles. The van der Waals surface area contributed by atoms with Crippen molar-refractivity contribution in [1.82, 2.24) is 9.78 Å². The van der Waals surface area contributed by atoms with Crippen LogP contribution in [0.15, 0.2) is 52.9 Å². The number of esters is 1. The lowest BCUT2D eigenvalue weighted by Crippen LogP contribution is -2.13. The molecule has 1 aromatic carbocycles. The minimum absolute atomic E-state index is 0.0977. The zero-order chi connectivity index (χ0) is 20.1. The fourth-order valence-electron chi connectivity index (χ4n) is 2.52. The quantitative estimate of drug-likeness (QED) is 0.442. The lowest BCUT2D eigenvalue weighted by molar-refractivity contribution is 0.0500. The van der Waals surface area contributed by atoms with Gasteiger partial charge in [-0.3, -0.25) is 9.40 Å². The molecule has 7 nitrogen and oxygen atoms in total. The van der Waals surface area contributed by atoms with E-state index >= 15 is 0 Å². The molecule has 0 bridgehead atoms. The maximum atomic E-state index is 12.9. The number of benzene rings is 1. The number of aryl methyl sites for hydroxylation is 1. The summed E-state index contributed by atoms with van der Waals surface area (Å²) < 4.78 is 34.9. The van der Waals surface area contributed by atoms with Gasteiger partial charge in [-0.05, 0) is 42.1 Å². The van der Waals surface area contributed by atoms with E-state index in [1.54, 1.807) is 7.05 Å². The van der Waals surface area contributed by atoms with Crippen LogP contribution >= 0.6 is 11.3 Å². The van der Waals surface area contributed by atoms with E-state index in [-0.39, 0.29) is 4.90 Å². The Morgan fingerprint density at radius 2 is 2.00 bits per heavy atom. The molecule has 148 valence electrons. The van der Waals surface area contributed by atoms with Gasteiger partial charge in [-0.15, -0.1) is 11.3 Å². The Balaban J connectivity index is 1.78. The number of nitrogens with zero attached hydrogens (tertiary/aromatic N) is 2. The SMILES string of the molecule is CCCCOC(=O)c1ccc(NS(=O)(=O)c2cn(C)nc2-c2cccs2)cc1. The average molecular weight is 420 g/mol. The van der Waals surface area contributed by atoms with Gasteiger partial charge in [-0.2, -0.15) is 5.10 Å². The smallest absolute Gasteiger partial charge is 0.338 e. The van der Waals surface area contributed by atoms with Crippen LogP contribution in [0.5, 0.6) is 0 Å². The first-order chi connectivity index (χ1) is 13.4. The molecule has 9 heteroatoms. The summed E-state index contributed by atoms with van der Waals surface area (Å²) in [7, 11) is -2.17. The van der Waals surface area contributed by atoms with Gasteiger partial charge in [0, 0.05) is 18.9 Å². The Labute approximate surface area is 168 Å². The van der Waals surface area contributed by atoms with E-state index in [4.69, 9.17) is 4.74 Å². The Hall–Kier alpha value is -2.65. The van der Waals surface area contributed by atoms with Crippen LogP contribution in [0.2, 0.25) is 0 Å². The number of anilines is 1. The number of carbonyl (C=O) groups excluding carboxylic acids is 1. The third-order valence-electron chi connectivity index (χ3n) is 3.94. The number of hydrogen-bond donors (Lipinski definition) is 1. The Bertz CT molecular complexity index is 1040. The van der Waals surface area contributed by atoms with E-state index in [1.165, 1.54) is 46.5 Å². The number of sulfonamides is 1. The predicted octanol–water partition coefficient (Wildman–Crippen LogP) is 3.91. The molecular formula is C19H21N3O4S2. The van der Waals surface area contributed by atoms with Crippen molar-refractivity contribution < 1.29 is 17.9 Å². The van der Waals surface area contributed by atoms with Crippen molar-refractivity contribution in [3.63, 3.8) is 0 Å². The molecule has 0 aliphatic heterocycles. The molecule has 0 atom stereocenters. The van der Waals surface area contributed by atoms with Gasteiger partial charge in [0.2, 0.25) is 0 Å². The molecule has 3 aromatic rings. The maximum absolute atomic E-state index is 12.9. The molecule has 0 amide bonds. The second kappa shape index (κ2) is 8.57. The van der Waals surface area contributed by atoms with Crippen molar-refractivity contribution in [1.29, 1.82) is 0 Å². The largest absolute Gasteiger partial charge is 0.462 e. The van der Waals surface area contributed by atoms with Crippen molar-refractivity contribution in [2.75, 3.05) is 11.3 Å². The van der Waals surface area contributed by atoms with E-state index in [1.807, 2.05) is 24.4 Å². The first-order valence-corrected chi connectivity index (χ1v) is 11.1. The van der Waals surface area contributed by atoms with Crippen LogP contribution in [0.4, 0.5) is 5.69 Å². The van der Waals surface area contributed by atoms with E-state index in [0.717, 1.165) is 17.7 Å². The minimum Gasteiger partial charge on any atom is -0.462 e. The zero-order valence-electron chi connectivity index (χ0n) is 15.6. The summed E-state index contributed by atoms with van der Waals surface area (Å²) in [5.74, 6) is -0.421. The standard InChI is InChI=1S/C19H21N3O4S2/c1-3-4-11-26-19(23)14-7-9-15(10-8-14)21-28(24,25)17-13-22(2)20-18(17)16-6-5-12-27-16/h5-10,12-13,21H,3-4,11H2,1-2H3. The summed E-state index contributed by atoms with van der Waals surface area (Å²) in [6.07, 6.45) is 3.22. The third-order valence-corrected chi connectivity index (χ3v) is 6.20. The van der Waals surface area contributed by atoms with E-state index in [0.29, 0.717) is 23.6 Å². The number of thiophene rings is 1. The summed E-state index contributed by atoms with van der Waals surface area (Å²) in [6.45, 7) is 2.39. The summed E-state index contributed by atoms with van der Waals surface area (Å²) in [5.41, 5.74) is 1.13. The van der Waals surface area contributed by atoms with Crippen molar-refractivity contribution in [3.05, 3.63) is 53.5 Å². The highest BCUT2D eigenvalue weighted by atomic mass is 32.2. The molecule has 28 heavy (non-hydrogen) atoms.